The minimum Gasteiger partial charge on any atom is -0.358 e. The molecule has 0 aliphatic carbocycles. The summed E-state index contributed by atoms with van der Waals surface area (Å²) in [6.45, 7) is 14.6. The van der Waals surface area contributed by atoms with Crippen molar-refractivity contribution in [3.63, 3.8) is 0 Å². The number of aryl methyl sites for hydroxylation is 2. The third kappa shape index (κ3) is 7.26. The van der Waals surface area contributed by atoms with E-state index in [1.807, 2.05) is 4.90 Å². The normalized spacial score (nSPS) is 17.8. The molecule has 1 amide bonds. The minimum atomic E-state index is 0.158. The van der Waals surface area contributed by atoms with Crippen LogP contribution in [0, 0.1) is 13.8 Å². The number of aromatic nitrogens is 1. The second kappa shape index (κ2) is 14.1. The van der Waals surface area contributed by atoms with E-state index in [-0.39, 0.29) is 5.91 Å². The van der Waals surface area contributed by atoms with Gasteiger partial charge in [0.1, 0.15) is 0 Å². The SMILES string of the molecule is Cc1[nH]c2ccc(C(CCCN3CCN(C)CC3)c3ccc(C(=O)N4CCN(CCc5ccccc5)CC4)cc3)cc2c1C. The van der Waals surface area contributed by atoms with Crippen LogP contribution in [0.3, 0.4) is 0 Å². The molecule has 232 valence electrons. The molecule has 44 heavy (non-hydrogen) atoms. The van der Waals surface area contributed by atoms with Gasteiger partial charge in [0.2, 0.25) is 0 Å². The Labute approximate surface area is 263 Å². The molecule has 6 rings (SSSR count). The van der Waals surface area contributed by atoms with Crippen LogP contribution >= 0.6 is 0 Å². The van der Waals surface area contributed by atoms with Crippen LogP contribution in [0.25, 0.3) is 10.9 Å². The molecular weight excluding hydrogens is 542 g/mol. The Kier molecular flexibility index (Phi) is 9.80. The molecule has 4 aromatic rings. The molecule has 6 heteroatoms. The maximum atomic E-state index is 13.5. The van der Waals surface area contributed by atoms with Crippen molar-refractivity contribution in [3.8, 4) is 0 Å². The second-order valence-electron chi connectivity index (χ2n) is 13.0. The van der Waals surface area contributed by atoms with Crippen LogP contribution in [0.5, 0.6) is 0 Å². The minimum absolute atomic E-state index is 0.158. The lowest BCUT2D eigenvalue weighted by molar-refractivity contribution is 0.0638. The molecule has 0 saturated carbocycles. The smallest absolute Gasteiger partial charge is 0.253 e. The highest BCUT2D eigenvalue weighted by molar-refractivity contribution is 5.94. The Hall–Kier alpha value is -3.45. The van der Waals surface area contributed by atoms with Gasteiger partial charge < -0.3 is 19.7 Å². The van der Waals surface area contributed by atoms with Crippen molar-refractivity contribution in [2.24, 2.45) is 0 Å². The Bertz CT molecular complexity index is 1510. The summed E-state index contributed by atoms with van der Waals surface area (Å²) in [5.74, 6) is 0.462. The summed E-state index contributed by atoms with van der Waals surface area (Å²) in [7, 11) is 2.22. The van der Waals surface area contributed by atoms with E-state index in [1.54, 1.807) is 0 Å². The van der Waals surface area contributed by atoms with Crippen LogP contribution in [0.15, 0.2) is 72.8 Å². The predicted molar refractivity (Wildman–Crippen MR) is 182 cm³/mol. The zero-order valence-corrected chi connectivity index (χ0v) is 26.9. The fraction of sp³-hybridized carbons (Fsp3) is 0.447. The van der Waals surface area contributed by atoms with Crippen molar-refractivity contribution in [2.75, 3.05) is 72.5 Å². The molecule has 1 aromatic heterocycles. The van der Waals surface area contributed by atoms with E-state index in [0.717, 1.165) is 90.3 Å². The maximum Gasteiger partial charge on any atom is 0.253 e. The molecule has 0 spiro atoms. The summed E-state index contributed by atoms with van der Waals surface area (Å²) in [4.78, 5) is 26.6. The third-order valence-corrected chi connectivity index (χ3v) is 10.1. The monoisotopic (exact) mass is 591 g/mol. The molecule has 2 saturated heterocycles. The van der Waals surface area contributed by atoms with Crippen molar-refractivity contribution < 1.29 is 4.79 Å². The fourth-order valence-corrected chi connectivity index (χ4v) is 6.96. The number of benzene rings is 3. The van der Waals surface area contributed by atoms with Gasteiger partial charge in [0.15, 0.2) is 0 Å². The first-order valence-electron chi connectivity index (χ1n) is 16.6. The molecule has 3 heterocycles. The molecule has 1 atom stereocenters. The van der Waals surface area contributed by atoms with Gasteiger partial charge >= 0.3 is 0 Å². The number of hydrogen-bond acceptors (Lipinski definition) is 4. The van der Waals surface area contributed by atoms with E-state index in [9.17, 15) is 4.79 Å². The largest absolute Gasteiger partial charge is 0.358 e. The number of fused-ring (bicyclic) bond motifs is 1. The topological polar surface area (TPSA) is 45.8 Å². The molecule has 2 aliphatic heterocycles. The summed E-state index contributed by atoms with van der Waals surface area (Å²) >= 11 is 0. The molecule has 0 bridgehead atoms. The van der Waals surface area contributed by atoms with Crippen LogP contribution < -0.4 is 0 Å². The van der Waals surface area contributed by atoms with Crippen LogP contribution in [-0.2, 0) is 6.42 Å². The highest BCUT2D eigenvalue weighted by Crippen LogP contribution is 2.33. The van der Waals surface area contributed by atoms with Crippen LogP contribution in [0.1, 0.15) is 57.1 Å². The Balaban J connectivity index is 1.11. The lowest BCUT2D eigenvalue weighted by Crippen LogP contribution is -2.49. The number of amides is 1. The number of nitrogens with one attached hydrogen (secondary N) is 1. The zero-order valence-electron chi connectivity index (χ0n) is 26.9. The van der Waals surface area contributed by atoms with Crippen molar-refractivity contribution in [1.82, 2.24) is 24.6 Å². The van der Waals surface area contributed by atoms with Gasteiger partial charge in [-0.25, -0.2) is 0 Å². The first kappa shape index (κ1) is 30.6. The molecule has 0 radical (unpaired) electrons. The lowest BCUT2D eigenvalue weighted by atomic mass is 9.86. The number of likely N-dealkylation sites (N-methyl/N-ethyl adjacent to an activating group) is 1. The average molecular weight is 592 g/mol. The van der Waals surface area contributed by atoms with Gasteiger partial charge in [0, 0.05) is 87.0 Å². The maximum absolute atomic E-state index is 13.5. The van der Waals surface area contributed by atoms with E-state index < -0.39 is 0 Å². The van der Waals surface area contributed by atoms with E-state index in [0.29, 0.717) is 5.92 Å². The number of carbonyl (C=O) groups excluding carboxylic acids is 1. The van der Waals surface area contributed by atoms with E-state index in [2.05, 4.69) is 113 Å². The van der Waals surface area contributed by atoms with Gasteiger partial charge in [-0.1, -0.05) is 48.5 Å². The molecule has 1 N–H and O–H groups in total. The Morgan fingerprint density at radius 1 is 0.773 bits per heavy atom. The van der Waals surface area contributed by atoms with E-state index in [4.69, 9.17) is 0 Å². The number of hydrogen-bond donors (Lipinski definition) is 1. The standard InChI is InChI=1S/C38H49N5O/c1-29-30(2)39-37-16-15-34(28-36(29)37)35(10-7-18-41-22-20-40(3)21-23-41)32-11-13-33(14-12-32)38(44)43-26-24-42(25-27-43)19-17-31-8-5-4-6-9-31/h4-6,8-9,11-16,28,35,39H,7,10,17-27H2,1-3H3. The number of carbonyl (C=O) groups is 1. The summed E-state index contributed by atoms with van der Waals surface area (Å²) < 4.78 is 0. The molecule has 1 unspecified atom stereocenters. The van der Waals surface area contributed by atoms with Gasteiger partial charge in [-0.05, 0) is 93.2 Å². The highest BCUT2D eigenvalue weighted by Gasteiger charge is 2.23. The summed E-state index contributed by atoms with van der Waals surface area (Å²) in [6, 6.07) is 26.2. The first-order valence-corrected chi connectivity index (χ1v) is 16.6. The predicted octanol–water partition coefficient (Wildman–Crippen LogP) is 5.94. The molecule has 2 aliphatic rings. The van der Waals surface area contributed by atoms with Crippen molar-refractivity contribution >= 4 is 16.8 Å². The number of H-pyrrole nitrogens is 1. The zero-order chi connectivity index (χ0) is 30.5. The number of piperazine rings is 2. The van der Waals surface area contributed by atoms with Gasteiger partial charge in [-0.2, -0.15) is 0 Å². The molecule has 3 aromatic carbocycles. The molecular formula is C38H49N5O. The van der Waals surface area contributed by atoms with E-state index >= 15 is 0 Å². The van der Waals surface area contributed by atoms with Crippen LogP contribution in [0.2, 0.25) is 0 Å². The van der Waals surface area contributed by atoms with Crippen molar-refractivity contribution in [2.45, 2.75) is 39.0 Å². The number of nitrogens with zero attached hydrogens (tertiary/aromatic N) is 4. The van der Waals surface area contributed by atoms with Gasteiger partial charge in [-0.3, -0.25) is 9.69 Å². The molecule has 6 nitrogen and oxygen atoms in total. The fourth-order valence-electron chi connectivity index (χ4n) is 6.96. The third-order valence-electron chi connectivity index (χ3n) is 10.1. The number of aromatic amines is 1. The highest BCUT2D eigenvalue weighted by atomic mass is 16.2. The van der Waals surface area contributed by atoms with Gasteiger partial charge in [0.25, 0.3) is 5.91 Å². The van der Waals surface area contributed by atoms with Crippen molar-refractivity contribution in [3.05, 3.63) is 106 Å². The quantitative estimate of drug-likeness (QED) is 0.248. The first-order chi connectivity index (χ1) is 21.4. The summed E-state index contributed by atoms with van der Waals surface area (Å²) in [5, 5.41) is 1.32. The van der Waals surface area contributed by atoms with Crippen LogP contribution in [-0.4, -0.2) is 103 Å². The average Bonchev–Trinajstić information content (AvgIpc) is 3.35. The van der Waals surface area contributed by atoms with Gasteiger partial charge in [0.05, 0.1) is 0 Å². The second-order valence-corrected chi connectivity index (χ2v) is 13.0. The summed E-state index contributed by atoms with van der Waals surface area (Å²) in [6.07, 6.45) is 3.31. The summed E-state index contributed by atoms with van der Waals surface area (Å²) in [5.41, 5.74) is 8.62. The van der Waals surface area contributed by atoms with Crippen molar-refractivity contribution in [1.29, 1.82) is 0 Å². The Morgan fingerprint density at radius 2 is 1.43 bits per heavy atom. The number of rotatable bonds is 10. The molecule has 2 fully saturated rings. The Morgan fingerprint density at radius 3 is 2.16 bits per heavy atom. The van der Waals surface area contributed by atoms with Gasteiger partial charge in [-0.15, -0.1) is 0 Å². The van der Waals surface area contributed by atoms with E-state index in [1.165, 1.54) is 38.9 Å². The lowest BCUT2D eigenvalue weighted by Gasteiger charge is -2.35. The van der Waals surface area contributed by atoms with Crippen LogP contribution in [0.4, 0.5) is 0 Å².